The van der Waals surface area contributed by atoms with Gasteiger partial charge in [-0.05, 0) is 38.6 Å². The van der Waals surface area contributed by atoms with Crippen LogP contribution in [0.3, 0.4) is 0 Å². The summed E-state index contributed by atoms with van der Waals surface area (Å²) >= 11 is 0. The first kappa shape index (κ1) is 12.6. The number of rotatable bonds is 4. The lowest BCUT2D eigenvalue weighted by molar-refractivity contribution is 0.0985. The van der Waals surface area contributed by atoms with Crippen molar-refractivity contribution >= 4 is 16.9 Å². The molecule has 0 fully saturated rings. The summed E-state index contributed by atoms with van der Waals surface area (Å²) in [4.78, 5) is 23.5. The van der Waals surface area contributed by atoms with Crippen molar-refractivity contribution in [1.29, 1.82) is 0 Å². The second-order valence-electron chi connectivity index (χ2n) is 4.48. The predicted molar refractivity (Wildman–Crippen MR) is 68.9 cm³/mol. The Kier molecular flexibility index (Phi) is 3.34. The summed E-state index contributed by atoms with van der Waals surface area (Å²) in [6, 6.07) is 4.99. The van der Waals surface area contributed by atoms with E-state index in [1.165, 1.54) is 4.57 Å². The monoisotopic (exact) mass is 248 g/mol. The van der Waals surface area contributed by atoms with Gasteiger partial charge in [0.15, 0.2) is 11.4 Å². The van der Waals surface area contributed by atoms with Crippen molar-refractivity contribution in [3.8, 4) is 0 Å². The molecule has 1 heterocycles. The third kappa shape index (κ3) is 2.09. The number of Topliss-reactive ketones (excluding diaryl/α,β-unsaturated/α-hetero) is 1. The number of hydrogen-bond acceptors (Lipinski definition) is 4. The minimum absolute atomic E-state index is 0.0152. The largest absolute Gasteiger partial charge is 0.420 e. The van der Waals surface area contributed by atoms with Crippen LogP contribution in [-0.4, -0.2) is 16.9 Å². The molecule has 0 saturated heterocycles. The van der Waals surface area contributed by atoms with Crippen LogP contribution < -0.4 is 11.5 Å². The van der Waals surface area contributed by atoms with E-state index >= 15 is 0 Å². The van der Waals surface area contributed by atoms with Gasteiger partial charge in [0, 0.05) is 18.0 Å². The third-order valence-corrected chi connectivity index (χ3v) is 2.82. The van der Waals surface area contributed by atoms with Crippen molar-refractivity contribution < 1.29 is 9.21 Å². The first-order chi connectivity index (χ1) is 8.54. The Bertz CT molecular complexity index is 637. The normalized spacial score (nSPS) is 11.3. The Labute approximate surface area is 104 Å². The third-order valence-electron chi connectivity index (χ3n) is 2.82. The molecule has 2 rings (SSSR count). The Balaban J connectivity index is 2.59. The topological polar surface area (TPSA) is 78.2 Å². The fourth-order valence-electron chi connectivity index (χ4n) is 1.97. The number of carbonyl (C=O) groups is 1. The summed E-state index contributed by atoms with van der Waals surface area (Å²) in [5.41, 5.74) is 7.07. The summed E-state index contributed by atoms with van der Waals surface area (Å²) in [7, 11) is 0. The summed E-state index contributed by atoms with van der Waals surface area (Å²) in [6.45, 7) is 4.11. The van der Waals surface area contributed by atoms with Gasteiger partial charge < -0.3 is 10.2 Å². The molecule has 18 heavy (non-hydrogen) atoms. The number of benzene rings is 1. The smallest absolute Gasteiger partial charge is 0.408 e. The van der Waals surface area contributed by atoms with Crippen molar-refractivity contribution in [2.45, 2.75) is 26.3 Å². The van der Waals surface area contributed by atoms with Crippen LogP contribution in [0.15, 0.2) is 27.4 Å². The maximum atomic E-state index is 11.8. The molecule has 5 nitrogen and oxygen atoms in total. The van der Waals surface area contributed by atoms with Crippen LogP contribution >= 0.6 is 0 Å². The maximum Gasteiger partial charge on any atom is 0.420 e. The number of fused-ring (bicyclic) bond motifs is 1. The zero-order chi connectivity index (χ0) is 13.3. The fourth-order valence-corrected chi connectivity index (χ4v) is 1.97. The molecule has 0 radical (unpaired) electrons. The van der Waals surface area contributed by atoms with Crippen molar-refractivity contribution in [2.75, 3.05) is 6.54 Å². The zero-order valence-corrected chi connectivity index (χ0v) is 10.5. The van der Waals surface area contributed by atoms with Gasteiger partial charge in [-0.1, -0.05) is 0 Å². The average molecular weight is 248 g/mol. The molecule has 0 aliphatic carbocycles. The summed E-state index contributed by atoms with van der Waals surface area (Å²) < 4.78 is 6.66. The van der Waals surface area contributed by atoms with E-state index < -0.39 is 5.76 Å². The van der Waals surface area contributed by atoms with E-state index in [9.17, 15) is 9.59 Å². The van der Waals surface area contributed by atoms with Crippen LogP contribution in [0.25, 0.3) is 11.1 Å². The molecule has 1 aromatic carbocycles. The Morgan fingerprint density at radius 1 is 1.44 bits per heavy atom. The van der Waals surface area contributed by atoms with Gasteiger partial charge in [0.05, 0.1) is 5.52 Å². The molecule has 0 bridgehead atoms. The molecule has 0 amide bonds. The van der Waals surface area contributed by atoms with E-state index in [2.05, 4.69) is 0 Å². The highest BCUT2D eigenvalue weighted by atomic mass is 16.4. The van der Waals surface area contributed by atoms with Crippen LogP contribution in [0, 0.1) is 0 Å². The van der Waals surface area contributed by atoms with Gasteiger partial charge >= 0.3 is 5.76 Å². The lowest BCUT2D eigenvalue weighted by atomic mass is 10.1. The summed E-state index contributed by atoms with van der Waals surface area (Å²) in [5, 5.41) is 0. The lowest BCUT2D eigenvalue weighted by Crippen LogP contribution is -2.16. The second kappa shape index (κ2) is 4.78. The Morgan fingerprint density at radius 2 is 2.17 bits per heavy atom. The molecule has 5 heteroatoms. The van der Waals surface area contributed by atoms with Crippen molar-refractivity contribution in [1.82, 2.24) is 4.57 Å². The zero-order valence-electron chi connectivity index (χ0n) is 10.5. The first-order valence-electron chi connectivity index (χ1n) is 5.93. The number of aromatic nitrogens is 1. The van der Waals surface area contributed by atoms with Crippen LogP contribution in [-0.2, 0) is 0 Å². The molecule has 2 N–H and O–H groups in total. The summed E-state index contributed by atoms with van der Waals surface area (Å²) in [6.07, 6.45) is 0.301. The Morgan fingerprint density at radius 3 is 2.78 bits per heavy atom. The second-order valence-corrected chi connectivity index (χ2v) is 4.48. The van der Waals surface area contributed by atoms with E-state index in [0.717, 1.165) is 0 Å². The molecule has 0 atom stereocenters. The molecular weight excluding hydrogens is 232 g/mol. The fraction of sp³-hybridized carbons (Fsp3) is 0.385. The van der Waals surface area contributed by atoms with Crippen LogP contribution in [0.5, 0.6) is 0 Å². The van der Waals surface area contributed by atoms with Gasteiger partial charge in [0.25, 0.3) is 0 Å². The summed E-state index contributed by atoms with van der Waals surface area (Å²) in [5.74, 6) is -0.424. The number of nitrogens with zero attached hydrogens (tertiary/aromatic N) is 1. The van der Waals surface area contributed by atoms with Crippen molar-refractivity contribution in [2.24, 2.45) is 5.73 Å². The molecule has 0 spiro atoms. The van der Waals surface area contributed by atoms with Gasteiger partial charge in [0.1, 0.15) is 0 Å². The lowest BCUT2D eigenvalue weighted by Gasteiger charge is -2.06. The average Bonchev–Trinajstić information content (AvgIpc) is 2.64. The Hall–Kier alpha value is -1.88. The van der Waals surface area contributed by atoms with Crippen LogP contribution in [0.1, 0.15) is 36.7 Å². The molecule has 0 unspecified atom stereocenters. The molecule has 96 valence electrons. The van der Waals surface area contributed by atoms with E-state index in [0.29, 0.717) is 29.6 Å². The minimum atomic E-state index is -0.400. The van der Waals surface area contributed by atoms with E-state index in [4.69, 9.17) is 10.2 Å². The van der Waals surface area contributed by atoms with Gasteiger partial charge in [-0.3, -0.25) is 9.36 Å². The number of nitrogens with two attached hydrogens (primary N) is 1. The predicted octanol–water partition coefficient (Wildman–Crippen LogP) is 1.71. The van der Waals surface area contributed by atoms with E-state index in [-0.39, 0.29) is 11.8 Å². The van der Waals surface area contributed by atoms with E-state index in [1.54, 1.807) is 18.2 Å². The quantitative estimate of drug-likeness (QED) is 0.835. The van der Waals surface area contributed by atoms with Gasteiger partial charge in [-0.25, -0.2) is 4.79 Å². The highest BCUT2D eigenvalue weighted by molar-refractivity contribution is 5.98. The van der Waals surface area contributed by atoms with Gasteiger partial charge in [0.2, 0.25) is 0 Å². The number of hydrogen-bond donors (Lipinski definition) is 1. The minimum Gasteiger partial charge on any atom is -0.408 e. The van der Waals surface area contributed by atoms with Crippen molar-refractivity contribution in [3.05, 3.63) is 34.3 Å². The maximum absolute atomic E-state index is 11.8. The highest BCUT2D eigenvalue weighted by Gasteiger charge is 2.14. The number of oxazole rings is 1. The molecule has 1 aromatic heterocycles. The standard InChI is InChI=1S/C13H16N2O3/c1-8(2)15-10-7-9(11(16)5-6-14)3-4-12(10)18-13(15)17/h3-4,7-8H,5-6,14H2,1-2H3. The molecule has 0 saturated carbocycles. The number of ketones is 1. The molecule has 0 aliphatic rings. The molecule has 2 aromatic rings. The highest BCUT2D eigenvalue weighted by Crippen LogP contribution is 2.19. The first-order valence-corrected chi connectivity index (χ1v) is 5.93. The number of carbonyl (C=O) groups excluding carboxylic acids is 1. The SMILES string of the molecule is CC(C)n1c(=O)oc2ccc(C(=O)CCN)cc21. The van der Waals surface area contributed by atoms with Crippen LogP contribution in [0.4, 0.5) is 0 Å². The van der Waals surface area contributed by atoms with E-state index in [1.807, 2.05) is 13.8 Å². The van der Waals surface area contributed by atoms with Gasteiger partial charge in [-0.15, -0.1) is 0 Å². The molecule has 0 aliphatic heterocycles. The van der Waals surface area contributed by atoms with Crippen molar-refractivity contribution in [3.63, 3.8) is 0 Å². The molecular formula is C13H16N2O3. The van der Waals surface area contributed by atoms with Gasteiger partial charge in [-0.2, -0.15) is 0 Å². The van der Waals surface area contributed by atoms with Crippen LogP contribution in [0.2, 0.25) is 0 Å².